The molecule has 1 aliphatic rings. The molecule has 110 valence electrons. The fourth-order valence-corrected chi connectivity index (χ4v) is 2.77. The van der Waals surface area contributed by atoms with Crippen molar-refractivity contribution in [2.45, 2.75) is 36.8 Å². The van der Waals surface area contributed by atoms with Gasteiger partial charge in [0.15, 0.2) is 9.84 Å². The van der Waals surface area contributed by atoms with Crippen LogP contribution < -0.4 is 5.32 Å². The van der Waals surface area contributed by atoms with Crippen LogP contribution in [-0.2, 0) is 25.9 Å². The minimum Gasteiger partial charge on any atom is -0.378 e. The van der Waals surface area contributed by atoms with E-state index in [4.69, 9.17) is 4.74 Å². The molecule has 20 heavy (non-hydrogen) atoms. The molecule has 0 saturated carbocycles. The van der Waals surface area contributed by atoms with Gasteiger partial charge in [-0.2, -0.15) is 0 Å². The summed E-state index contributed by atoms with van der Waals surface area (Å²) in [6, 6.07) is 6.53. The van der Waals surface area contributed by atoms with Gasteiger partial charge in [0, 0.05) is 19.4 Å². The van der Waals surface area contributed by atoms with Gasteiger partial charge in [-0.05, 0) is 30.5 Å². The van der Waals surface area contributed by atoms with Gasteiger partial charge < -0.3 is 10.1 Å². The lowest BCUT2D eigenvalue weighted by molar-refractivity contribution is -0.123. The molecule has 0 radical (unpaired) electrons. The molecule has 0 aliphatic carbocycles. The van der Waals surface area contributed by atoms with E-state index in [-0.39, 0.29) is 16.9 Å². The number of rotatable bonds is 5. The zero-order valence-electron chi connectivity index (χ0n) is 11.5. The van der Waals surface area contributed by atoms with E-state index in [0.29, 0.717) is 13.0 Å². The number of benzene rings is 1. The van der Waals surface area contributed by atoms with Crippen LogP contribution in [0.15, 0.2) is 29.2 Å². The van der Waals surface area contributed by atoms with E-state index in [1.54, 1.807) is 24.3 Å². The molecule has 0 aromatic heterocycles. The summed E-state index contributed by atoms with van der Waals surface area (Å²) in [5.74, 6) is -0.0379. The first kappa shape index (κ1) is 15.0. The van der Waals surface area contributed by atoms with Crippen molar-refractivity contribution < 1.29 is 17.9 Å². The number of carbonyl (C=O) groups excluding carboxylic acids is 1. The molecule has 1 aromatic rings. The van der Waals surface area contributed by atoms with E-state index >= 15 is 0 Å². The van der Waals surface area contributed by atoms with Gasteiger partial charge in [-0.3, -0.25) is 4.79 Å². The summed E-state index contributed by atoms with van der Waals surface area (Å²) < 4.78 is 28.0. The SMILES string of the molecule is CS(=O)(=O)c1ccc(CNC(=O)CC2CCCO2)cc1. The second-order valence-corrected chi connectivity index (χ2v) is 7.05. The average Bonchev–Trinajstić information content (AvgIpc) is 2.88. The molecule has 1 heterocycles. The van der Waals surface area contributed by atoms with Crippen LogP contribution in [0.5, 0.6) is 0 Å². The lowest BCUT2D eigenvalue weighted by Crippen LogP contribution is -2.26. The number of hydrogen-bond donors (Lipinski definition) is 1. The van der Waals surface area contributed by atoms with Gasteiger partial charge in [-0.15, -0.1) is 0 Å². The maximum absolute atomic E-state index is 11.7. The van der Waals surface area contributed by atoms with Crippen LogP contribution in [0.2, 0.25) is 0 Å². The number of sulfone groups is 1. The molecule has 2 rings (SSSR count). The highest BCUT2D eigenvalue weighted by atomic mass is 32.2. The Morgan fingerprint density at radius 1 is 1.35 bits per heavy atom. The molecule has 1 N–H and O–H groups in total. The normalized spacial score (nSPS) is 18.9. The molecule has 1 atom stereocenters. The van der Waals surface area contributed by atoms with E-state index in [1.807, 2.05) is 0 Å². The summed E-state index contributed by atoms with van der Waals surface area (Å²) in [6.07, 6.45) is 3.57. The van der Waals surface area contributed by atoms with E-state index in [9.17, 15) is 13.2 Å². The van der Waals surface area contributed by atoms with Crippen LogP contribution in [0.1, 0.15) is 24.8 Å². The van der Waals surface area contributed by atoms with Gasteiger partial charge in [-0.25, -0.2) is 8.42 Å². The smallest absolute Gasteiger partial charge is 0.222 e. The fourth-order valence-electron chi connectivity index (χ4n) is 2.14. The first-order valence-corrected chi connectivity index (χ1v) is 8.51. The first-order chi connectivity index (χ1) is 9.45. The lowest BCUT2D eigenvalue weighted by atomic mass is 10.1. The molecule has 1 unspecified atom stereocenters. The Labute approximate surface area is 119 Å². The van der Waals surface area contributed by atoms with Crippen molar-refractivity contribution >= 4 is 15.7 Å². The highest BCUT2D eigenvalue weighted by Crippen LogP contribution is 2.15. The van der Waals surface area contributed by atoms with Gasteiger partial charge >= 0.3 is 0 Å². The molecule has 1 amide bonds. The molecule has 1 aromatic carbocycles. The van der Waals surface area contributed by atoms with Crippen LogP contribution in [0, 0.1) is 0 Å². The van der Waals surface area contributed by atoms with E-state index in [2.05, 4.69) is 5.32 Å². The van der Waals surface area contributed by atoms with Crippen molar-refractivity contribution in [2.75, 3.05) is 12.9 Å². The molecule has 1 fully saturated rings. The Morgan fingerprint density at radius 3 is 2.60 bits per heavy atom. The molecule has 1 saturated heterocycles. The predicted octanol–water partition coefficient (Wildman–Crippen LogP) is 1.28. The number of amides is 1. The highest BCUT2D eigenvalue weighted by molar-refractivity contribution is 7.90. The van der Waals surface area contributed by atoms with Crippen LogP contribution in [0.3, 0.4) is 0 Å². The van der Waals surface area contributed by atoms with Crippen molar-refractivity contribution in [3.8, 4) is 0 Å². The van der Waals surface area contributed by atoms with Crippen LogP contribution >= 0.6 is 0 Å². The zero-order chi connectivity index (χ0) is 14.6. The summed E-state index contributed by atoms with van der Waals surface area (Å²) in [7, 11) is -3.17. The Morgan fingerprint density at radius 2 is 2.05 bits per heavy atom. The van der Waals surface area contributed by atoms with Gasteiger partial charge in [0.2, 0.25) is 5.91 Å². The van der Waals surface area contributed by atoms with Gasteiger partial charge in [-0.1, -0.05) is 12.1 Å². The number of hydrogen-bond acceptors (Lipinski definition) is 4. The van der Waals surface area contributed by atoms with Gasteiger partial charge in [0.25, 0.3) is 0 Å². The van der Waals surface area contributed by atoms with E-state index in [0.717, 1.165) is 25.0 Å². The number of carbonyl (C=O) groups is 1. The summed E-state index contributed by atoms with van der Waals surface area (Å²) >= 11 is 0. The maximum Gasteiger partial charge on any atom is 0.222 e. The third kappa shape index (κ3) is 4.31. The minimum absolute atomic E-state index is 0.0379. The molecule has 1 aliphatic heterocycles. The zero-order valence-corrected chi connectivity index (χ0v) is 12.3. The van der Waals surface area contributed by atoms with Crippen LogP contribution in [0.25, 0.3) is 0 Å². The molecule has 5 nitrogen and oxygen atoms in total. The molecule has 6 heteroatoms. The van der Waals surface area contributed by atoms with Crippen molar-refractivity contribution in [2.24, 2.45) is 0 Å². The van der Waals surface area contributed by atoms with Crippen molar-refractivity contribution in [1.29, 1.82) is 0 Å². The van der Waals surface area contributed by atoms with Crippen molar-refractivity contribution in [3.05, 3.63) is 29.8 Å². The quantitative estimate of drug-likeness (QED) is 0.888. The average molecular weight is 297 g/mol. The van der Waals surface area contributed by atoms with Crippen LogP contribution in [0.4, 0.5) is 0 Å². The number of nitrogens with one attached hydrogen (secondary N) is 1. The first-order valence-electron chi connectivity index (χ1n) is 6.62. The third-order valence-electron chi connectivity index (χ3n) is 3.28. The van der Waals surface area contributed by atoms with Crippen molar-refractivity contribution in [1.82, 2.24) is 5.32 Å². The fraction of sp³-hybridized carbons (Fsp3) is 0.500. The molecule has 0 spiro atoms. The Kier molecular flexibility index (Phi) is 4.77. The lowest BCUT2D eigenvalue weighted by Gasteiger charge is -2.10. The van der Waals surface area contributed by atoms with Crippen LogP contribution in [-0.4, -0.2) is 33.3 Å². The monoisotopic (exact) mass is 297 g/mol. The number of ether oxygens (including phenoxy) is 1. The minimum atomic E-state index is -3.17. The Balaban J connectivity index is 1.83. The molecule has 0 bridgehead atoms. The Hall–Kier alpha value is -1.40. The largest absolute Gasteiger partial charge is 0.378 e. The molecular weight excluding hydrogens is 278 g/mol. The Bertz CT molecular complexity index is 559. The van der Waals surface area contributed by atoms with Gasteiger partial charge in [0.1, 0.15) is 0 Å². The highest BCUT2D eigenvalue weighted by Gasteiger charge is 2.18. The second-order valence-electron chi connectivity index (χ2n) is 5.03. The third-order valence-corrected chi connectivity index (χ3v) is 4.41. The summed E-state index contributed by atoms with van der Waals surface area (Å²) in [5, 5.41) is 2.82. The second kappa shape index (κ2) is 6.37. The standard InChI is InChI=1S/C14H19NO4S/c1-20(17,18)13-6-4-11(5-7-13)10-15-14(16)9-12-3-2-8-19-12/h4-7,12H,2-3,8-10H2,1H3,(H,15,16). The predicted molar refractivity (Wildman–Crippen MR) is 75.0 cm³/mol. The molecular formula is C14H19NO4S. The van der Waals surface area contributed by atoms with Gasteiger partial charge in [0.05, 0.1) is 17.4 Å². The topological polar surface area (TPSA) is 72.5 Å². The summed E-state index contributed by atoms with van der Waals surface area (Å²) in [5.41, 5.74) is 0.873. The van der Waals surface area contributed by atoms with E-state index in [1.165, 1.54) is 6.26 Å². The summed E-state index contributed by atoms with van der Waals surface area (Å²) in [6.45, 7) is 1.14. The van der Waals surface area contributed by atoms with Crippen molar-refractivity contribution in [3.63, 3.8) is 0 Å². The van der Waals surface area contributed by atoms with E-state index < -0.39 is 9.84 Å². The summed E-state index contributed by atoms with van der Waals surface area (Å²) in [4.78, 5) is 12.0. The maximum atomic E-state index is 11.7.